The number of rotatable bonds is 4. The van der Waals surface area contributed by atoms with Crippen molar-refractivity contribution in [3.05, 3.63) is 25.6 Å². The highest BCUT2D eigenvalue weighted by Crippen LogP contribution is 2.34. The number of aryl methyl sites for hydroxylation is 2. The Morgan fingerprint density at radius 3 is 3.00 bits per heavy atom. The third kappa shape index (κ3) is 2.06. The lowest BCUT2D eigenvalue weighted by Gasteiger charge is -2.17. The molecule has 6 heteroatoms. The number of nitrogens with zero attached hydrogens (tertiary/aromatic N) is 1. The highest BCUT2D eigenvalue weighted by atomic mass is 32.1. The Morgan fingerprint density at radius 2 is 2.30 bits per heavy atom. The molecule has 0 amide bonds. The zero-order valence-electron chi connectivity index (χ0n) is 11.7. The molecule has 1 atom stereocenters. The van der Waals surface area contributed by atoms with Crippen LogP contribution in [-0.4, -0.2) is 23.3 Å². The average Bonchev–Trinajstić information content (AvgIpc) is 2.97. The third-order valence-corrected chi connectivity index (χ3v) is 5.49. The number of fused-ring (bicyclic) bond motifs is 3. The molecule has 0 bridgehead atoms. The summed E-state index contributed by atoms with van der Waals surface area (Å²) in [7, 11) is 1.65. The Labute approximate surface area is 126 Å². The molecule has 1 unspecified atom stereocenters. The van der Waals surface area contributed by atoms with Gasteiger partial charge in [-0.3, -0.25) is 9.36 Å². The normalized spacial score (nSPS) is 15.7. The molecule has 0 saturated carbocycles. The van der Waals surface area contributed by atoms with E-state index in [2.05, 4.69) is 4.98 Å². The van der Waals surface area contributed by atoms with Gasteiger partial charge in [0, 0.05) is 12.0 Å². The van der Waals surface area contributed by atoms with E-state index in [1.807, 2.05) is 6.92 Å². The van der Waals surface area contributed by atoms with E-state index in [1.54, 1.807) is 23.0 Å². The number of hydrogen-bond donors (Lipinski definition) is 1. The van der Waals surface area contributed by atoms with Gasteiger partial charge in [0.05, 0.1) is 18.0 Å². The van der Waals surface area contributed by atoms with E-state index in [9.17, 15) is 4.79 Å². The predicted octanol–water partition coefficient (Wildman–Crippen LogP) is 3.21. The van der Waals surface area contributed by atoms with Crippen LogP contribution < -0.4 is 5.56 Å². The largest absolute Gasteiger partial charge is 0.383 e. The van der Waals surface area contributed by atoms with E-state index in [0.717, 1.165) is 35.9 Å². The van der Waals surface area contributed by atoms with E-state index in [0.29, 0.717) is 11.4 Å². The molecule has 0 aromatic carbocycles. The molecule has 1 aliphatic rings. The number of nitrogens with one attached hydrogen (secondary N) is 1. The number of methoxy groups -OCH3 is 1. The van der Waals surface area contributed by atoms with Gasteiger partial charge < -0.3 is 9.72 Å². The van der Waals surface area contributed by atoms with Gasteiger partial charge in [0.15, 0.2) is 4.77 Å². The van der Waals surface area contributed by atoms with E-state index in [1.165, 1.54) is 10.4 Å². The highest BCUT2D eigenvalue weighted by Gasteiger charge is 2.23. The summed E-state index contributed by atoms with van der Waals surface area (Å²) >= 11 is 7.08. The van der Waals surface area contributed by atoms with Crippen molar-refractivity contribution in [1.82, 2.24) is 9.55 Å². The zero-order valence-corrected chi connectivity index (χ0v) is 13.3. The Morgan fingerprint density at radius 1 is 1.50 bits per heavy atom. The van der Waals surface area contributed by atoms with E-state index < -0.39 is 0 Å². The molecule has 20 heavy (non-hydrogen) atoms. The summed E-state index contributed by atoms with van der Waals surface area (Å²) in [4.78, 5) is 18.4. The second-order valence-corrected chi connectivity index (χ2v) is 6.68. The summed E-state index contributed by atoms with van der Waals surface area (Å²) in [6, 6.07) is -0.00222. The third-order valence-electron chi connectivity index (χ3n) is 3.99. The number of hydrogen-bond acceptors (Lipinski definition) is 4. The molecule has 0 aliphatic heterocycles. The summed E-state index contributed by atoms with van der Waals surface area (Å²) in [5.41, 5.74) is 1.29. The molecule has 1 aliphatic carbocycles. The maximum atomic E-state index is 12.9. The number of thiophene rings is 1. The molecule has 0 fully saturated rings. The first-order valence-electron chi connectivity index (χ1n) is 6.95. The van der Waals surface area contributed by atoms with Crippen molar-refractivity contribution in [2.24, 2.45) is 0 Å². The summed E-state index contributed by atoms with van der Waals surface area (Å²) in [6.07, 6.45) is 4.07. The molecule has 2 aromatic rings. The maximum Gasteiger partial charge on any atom is 0.263 e. The fourth-order valence-corrected chi connectivity index (χ4v) is 4.67. The Balaban J connectivity index is 2.28. The van der Waals surface area contributed by atoms with Crippen molar-refractivity contribution < 1.29 is 4.74 Å². The van der Waals surface area contributed by atoms with Crippen LogP contribution in [-0.2, 0) is 17.6 Å². The van der Waals surface area contributed by atoms with Crippen LogP contribution in [0.3, 0.4) is 0 Å². The van der Waals surface area contributed by atoms with E-state index >= 15 is 0 Å². The van der Waals surface area contributed by atoms with Crippen LogP contribution in [0.2, 0.25) is 0 Å². The molecule has 1 N–H and O–H groups in total. The summed E-state index contributed by atoms with van der Waals surface area (Å²) < 4.78 is 7.43. The van der Waals surface area contributed by atoms with E-state index in [-0.39, 0.29) is 11.6 Å². The number of aromatic nitrogens is 2. The van der Waals surface area contributed by atoms with Crippen LogP contribution in [0.4, 0.5) is 0 Å². The Hall–Kier alpha value is -0.980. The van der Waals surface area contributed by atoms with Gasteiger partial charge in [0.1, 0.15) is 4.83 Å². The molecular weight excluding hydrogens is 292 g/mol. The molecule has 0 radical (unpaired) electrons. The molecule has 2 heterocycles. The number of aromatic amines is 1. The lowest BCUT2D eigenvalue weighted by Crippen LogP contribution is -2.28. The molecule has 0 saturated heterocycles. The Bertz CT molecular complexity index is 757. The Kier molecular flexibility index (Phi) is 3.79. The average molecular weight is 310 g/mol. The number of ether oxygens (including phenoxy) is 1. The van der Waals surface area contributed by atoms with E-state index in [4.69, 9.17) is 17.0 Å². The van der Waals surface area contributed by atoms with Crippen molar-refractivity contribution in [3.8, 4) is 0 Å². The monoisotopic (exact) mass is 310 g/mol. The van der Waals surface area contributed by atoms with Crippen LogP contribution in [0.5, 0.6) is 0 Å². The van der Waals surface area contributed by atoms with Gasteiger partial charge in [0.2, 0.25) is 0 Å². The lowest BCUT2D eigenvalue weighted by molar-refractivity contribution is 0.150. The standard InChI is InChI=1S/C14H18N2O2S2/c1-3-8(7-18-2)16-13(17)11-9-5-4-6-10(9)20-12(11)15-14(16)19/h8H,3-7H2,1-2H3,(H,15,19). The van der Waals surface area contributed by atoms with Crippen LogP contribution >= 0.6 is 23.6 Å². The van der Waals surface area contributed by atoms with Crippen molar-refractivity contribution >= 4 is 33.8 Å². The summed E-state index contributed by atoms with van der Waals surface area (Å²) in [6.45, 7) is 2.55. The topological polar surface area (TPSA) is 47.0 Å². The van der Waals surface area contributed by atoms with Crippen LogP contribution in [0, 0.1) is 4.77 Å². The van der Waals surface area contributed by atoms with Crippen LogP contribution in [0.15, 0.2) is 4.79 Å². The summed E-state index contributed by atoms with van der Waals surface area (Å²) in [5.74, 6) is 0. The molecular formula is C14H18N2O2S2. The predicted molar refractivity (Wildman–Crippen MR) is 84.5 cm³/mol. The van der Waals surface area contributed by atoms with Gasteiger partial charge in [-0.25, -0.2) is 0 Å². The van der Waals surface area contributed by atoms with Gasteiger partial charge in [0.25, 0.3) is 5.56 Å². The van der Waals surface area contributed by atoms with Gasteiger partial charge >= 0.3 is 0 Å². The minimum atomic E-state index is -0.00222. The van der Waals surface area contributed by atoms with Gasteiger partial charge in [-0.05, 0) is 43.5 Å². The minimum absolute atomic E-state index is 0.00222. The second-order valence-electron chi connectivity index (χ2n) is 5.18. The van der Waals surface area contributed by atoms with Crippen LogP contribution in [0.1, 0.15) is 36.2 Å². The SMILES string of the molecule is CCC(COC)n1c(=S)[nH]c2sc3c(c2c1=O)CCC3. The van der Waals surface area contributed by atoms with Crippen molar-refractivity contribution in [3.63, 3.8) is 0 Å². The molecule has 108 valence electrons. The minimum Gasteiger partial charge on any atom is -0.383 e. The first kappa shape index (κ1) is 14.0. The van der Waals surface area contributed by atoms with Crippen molar-refractivity contribution in [2.45, 2.75) is 38.6 Å². The fraction of sp³-hybridized carbons (Fsp3) is 0.571. The smallest absolute Gasteiger partial charge is 0.263 e. The fourth-order valence-electron chi connectivity index (χ4n) is 2.99. The maximum absolute atomic E-state index is 12.9. The highest BCUT2D eigenvalue weighted by molar-refractivity contribution is 7.71. The second kappa shape index (κ2) is 5.42. The molecule has 2 aromatic heterocycles. The first-order valence-corrected chi connectivity index (χ1v) is 8.17. The lowest BCUT2D eigenvalue weighted by atomic mass is 10.2. The van der Waals surface area contributed by atoms with Crippen molar-refractivity contribution in [1.29, 1.82) is 0 Å². The quantitative estimate of drug-likeness (QED) is 0.882. The van der Waals surface area contributed by atoms with Gasteiger partial charge in [-0.1, -0.05) is 6.92 Å². The number of H-pyrrole nitrogens is 1. The summed E-state index contributed by atoms with van der Waals surface area (Å²) in [5, 5.41) is 0.852. The van der Waals surface area contributed by atoms with Crippen molar-refractivity contribution in [2.75, 3.05) is 13.7 Å². The molecule has 0 spiro atoms. The molecule has 4 nitrogen and oxygen atoms in total. The van der Waals surface area contributed by atoms with Crippen LogP contribution in [0.25, 0.3) is 10.2 Å². The van der Waals surface area contributed by atoms with Gasteiger partial charge in [-0.2, -0.15) is 0 Å². The first-order chi connectivity index (χ1) is 9.67. The van der Waals surface area contributed by atoms with Gasteiger partial charge in [-0.15, -0.1) is 11.3 Å². The molecule has 3 rings (SSSR count). The zero-order chi connectivity index (χ0) is 14.3.